The highest BCUT2D eigenvalue weighted by atomic mass is 35.5. The van der Waals surface area contributed by atoms with Gasteiger partial charge in [-0.2, -0.15) is 0 Å². The molecule has 0 saturated carbocycles. The van der Waals surface area contributed by atoms with Crippen molar-refractivity contribution in [2.75, 3.05) is 10.6 Å². The predicted octanol–water partition coefficient (Wildman–Crippen LogP) is 4.39. The van der Waals surface area contributed by atoms with Crippen molar-refractivity contribution in [3.8, 4) is 0 Å². The summed E-state index contributed by atoms with van der Waals surface area (Å²) < 4.78 is 0. The lowest BCUT2D eigenvalue weighted by Crippen LogP contribution is -2.26. The SMILES string of the molecule is Cc1nc(Nc2ccc(Cl)cc2)cc(NC(C)(C)C)n1. The number of aromatic nitrogens is 2. The van der Waals surface area contributed by atoms with Gasteiger partial charge in [-0.1, -0.05) is 11.6 Å². The predicted molar refractivity (Wildman–Crippen MR) is 84.9 cm³/mol. The summed E-state index contributed by atoms with van der Waals surface area (Å²) in [6.45, 7) is 8.16. The highest BCUT2D eigenvalue weighted by molar-refractivity contribution is 6.30. The Morgan fingerprint density at radius 3 is 2.20 bits per heavy atom. The molecule has 5 heteroatoms. The first-order valence-corrected chi connectivity index (χ1v) is 6.86. The number of rotatable bonds is 3. The largest absolute Gasteiger partial charge is 0.365 e. The summed E-state index contributed by atoms with van der Waals surface area (Å²) in [6, 6.07) is 9.40. The van der Waals surface area contributed by atoms with Crippen LogP contribution in [0.15, 0.2) is 30.3 Å². The van der Waals surface area contributed by atoms with Gasteiger partial charge in [0.1, 0.15) is 17.5 Å². The van der Waals surface area contributed by atoms with Gasteiger partial charge in [0, 0.05) is 22.3 Å². The van der Waals surface area contributed by atoms with Crippen LogP contribution < -0.4 is 10.6 Å². The fraction of sp³-hybridized carbons (Fsp3) is 0.333. The fourth-order valence-corrected chi connectivity index (χ4v) is 1.89. The van der Waals surface area contributed by atoms with Crippen LogP contribution in [0, 0.1) is 6.92 Å². The van der Waals surface area contributed by atoms with Gasteiger partial charge in [0.15, 0.2) is 0 Å². The molecule has 0 bridgehead atoms. The Bertz CT molecular complexity index is 588. The van der Waals surface area contributed by atoms with Crippen molar-refractivity contribution < 1.29 is 0 Å². The van der Waals surface area contributed by atoms with Crippen LogP contribution >= 0.6 is 11.6 Å². The van der Waals surface area contributed by atoms with Crippen molar-refractivity contribution in [2.24, 2.45) is 0 Å². The van der Waals surface area contributed by atoms with E-state index in [4.69, 9.17) is 11.6 Å². The molecule has 1 heterocycles. The zero-order valence-electron chi connectivity index (χ0n) is 12.2. The number of nitrogens with zero attached hydrogens (tertiary/aromatic N) is 2. The van der Waals surface area contributed by atoms with Gasteiger partial charge in [0.05, 0.1) is 0 Å². The maximum atomic E-state index is 5.87. The molecule has 0 aliphatic heterocycles. The van der Waals surface area contributed by atoms with E-state index in [0.29, 0.717) is 5.02 Å². The number of hydrogen-bond acceptors (Lipinski definition) is 4. The minimum absolute atomic E-state index is 0.0433. The second kappa shape index (κ2) is 5.67. The van der Waals surface area contributed by atoms with Crippen LogP contribution in [0.25, 0.3) is 0 Å². The van der Waals surface area contributed by atoms with Gasteiger partial charge in [-0.05, 0) is 52.0 Å². The number of benzene rings is 1. The minimum Gasteiger partial charge on any atom is -0.365 e. The number of halogens is 1. The molecule has 0 fully saturated rings. The van der Waals surface area contributed by atoms with Crippen LogP contribution in [0.1, 0.15) is 26.6 Å². The van der Waals surface area contributed by atoms with E-state index in [1.165, 1.54) is 0 Å². The Balaban J connectivity index is 2.21. The first-order valence-electron chi connectivity index (χ1n) is 6.48. The third-order valence-corrected chi connectivity index (χ3v) is 2.71. The lowest BCUT2D eigenvalue weighted by molar-refractivity contribution is 0.629. The molecule has 106 valence electrons. The minimum atomic E-state index is -0.0433. The van der Waals surface area contributed by atoms with E-state index in [-0.39, 0.29) is 5.54 Å². The Hall–Kier alpha value is -1.81. The molecule has 2 aromatic rings. The number of aryl methyl sites for hydroxylation is 1. The van der Waals surface area contributed by atoms with E-state index in [2.05, 4.69) is 41.4 Å². The highest BCUT2D eigenvalue weighted by Crippen LogP contribution is 2.20. The Kier molecular flexibility index (Phi) is 4.14. The van der Waals surface area contributed by atoms with Crippen LogP contribution in [-0.4, -0.2) is 15.5 Å². The van der Waals surface area contributed by atoms with E-state index in [9.17, 15) is 0 Å². The lowest BCUT2D eigenvalue weighted by Gasteiger charge is -2.21. The zero-order valence-corrected chi connectivity index (χ0v) is 12.9. The summed E-state index contributed by atoms with van der Waals surface area (Å²) in [5.41, 5.74) is 0.896. The molecule has 2 rings (SSSR count). The number of nitrogens with one attached hydrogen (secondary N) is 2. The molecule has 20 heavy (non-hydrogen) atoms. The number of anilines is 3. The van der Waals surface area contributed by atoms with E-state index < -0.39 is 0 Å². The van der Waals surface area contributed by atoms with Gasteiger partial charge < -0.3 is 10.6 Å². The molecule has 1 aromatic carbocycles. The van der Waals surface area contributed by atoms with Crippen molar-refractivity contribution in [3.05, 3.63) is 41.2 Å². The Labute approximate surface area is 124 Å². The third kappa shape index (κ3) is 4.38. The Morgan fingerprint density at radius 2 is 1.60 bits per heavy atom. The van der Waals surface area contributed by atoms with Crippen LogP contribution in [0.4, 0.5) is 17.3 Å². The van der Waals surface area contributed by atoms with Crippen molar-refractivity contribution in [2.45, 2.75) is 33.2 Å². The van der Waals surface area contributed by atoms with Crippen LogP contribution in [0.3, 0.4) is 0 Å². The first-order chi connectivity index (χ1) is 9.32. The van der Waals surface area contributed by atoms with E-state index in [0.717, 1.165) is 23.1 Å². The van der Waals surface area contributed by atoms with Gasteiger partial charge in [-0.25, -0.2) is 9.97 Å². The molecular formula is C15H19ClN4. The molecule has 0 aliphatic carbocycles. The lowest BCUT2D eigenvalue weighted by atomic mass is 10.1. The molecule has 2 N–H and O–H groups in total. The summed E-state index contributed by atoms with van der Waals surface area (Å²) in [6.07, 6.45) is 0. The van der Waals surface area contributed by atoms with E-state index in [1.807, 2.05) is 37.3 Å². The molecule has 0 radical (unpaired) electrons. The molecule has 4 nitrogen and oxygen atoms in total. The normalized spacial score (nSPS) is 11.2. The van der Waals surface area contributed by atoms with Crippen LogP contribution in [0.5, 0.6) is 0 Å². The first kappa shape index (κ1) is 14.6. The van der Waals surface area contributed by atoms with Crippen molar-refractivity contribution in [1.29, 1.82) is 0 Å². The van der Waals surface area contributed by atoms with Crippen molar-refractivity contribution in [1.82, 2.24) is 9.97 Å². The third-order valence-electron chi connectivity index (χ3n) is 2.46. The van der Waals surface area contributed by atoms with Gasteiger partial charge in [-0.3, -0.25) is 0 Å². The molecule has 0 unspecified atom stereocenters. The summed E-state index contributed by atoms with van der Waals surface area (Å²) in [7, 11) is 0. The smallest absolute Gasteiger partial charge is 0.136 e. The van der Waals surface area contributed by atoms with Crippen molar-refractivity contribution in [3.63, 3.8) is 0 Å². The van der Waals surface area contributed by atoms with Gasteiger partial charge in [-0.15, -0.1) is 0 Å². The average molecular weight is 291 g/mol. The summed E-state index contributed by atoms with van der Waals surface area (Å²) >= 11 is 5.87. The summed E-state index contributed by atoms with van der Waals surface area (Å²) in [5.74, 6) is 2.28. The second-order valence-electron chi connectivity index (χ2n) is 5.69. The molecule has 1 aromatic heterocycles. The monoisotopic (exact) mass is 290 g/mol. The number of hydrogen-bond donors (Lipinski definition) is 2. The molecular weight excluding hydrogens is 272 g/mol. The zero-order chi connectivity index (χ0) is 14.8. The highest BCUT2D eigenvalue weighted by Gasteiger charge is 2.11. The fourth-order valence-electron chi connectivity index (χ4n) is 1.76. The van der Waals surface area contributed by atoms with Crippen molar-refractivity contribution >= 4 is 28.9 Å². The summed E-state index contributed by atoms with van der Waals surface area (Å²) in [4.78, 5) is 8.78. The van der Waals surface area contributed by atoms with Gasteiger partial charge >= 0.3 is 0 Å². The quantitative estimate of drug-likeness (QED) is 0.880. The average Bonchev–Trinajstić information content (AvgIpc) is 2.29. The maximum absolute atomic E-state index is 5.87. The topological polar surface area (TPSA) is 49.8 Å². The summed E-state index contributed by atoms with van der Waals surface area (Å²) in [5, 5.41) is 7.31. The van der Waals surface area contributed by atoms with E-state index in [1.54, 1.807) is 0 Å². The van der Waals surface area contributed by atoms with Crippen LogP contribution in [0.2, 0.25) is 5.02 Å². The van der Waals surface area contributed by atoms with E-state index >= 15 is 0 Å². The molecule has 0 spiro atoms. The molecule has 0 aliphatic rings. The Morgan fingerprint density at radius 1 is 1.00 bits per heavy atom. The molecule has 0 saturated heterocycles. The standard InChI is InChI=1S/C15H19ClN4/c1-10-17-13(9-14(18-10)20-15(2,3)4)19-12-7-5-11(16)6-8-12/h5-9H,1-4H3,(H2,17,18,19,20). The molecule has 0 atom stereocenters. The van der Waals surface area contributed by atoms with Crippen LogP contribution in [-0.2, 0) is 0 Å². The maximum Gasteiger partial charge on any atom is 0.136 e. The second-order valence-corrected chi connectivity index (χ2v) is 6.13. The van der Waals surface area contributed by atoms with Gasteiger partial charge in [0.2, 0.25) is 0 Å². The molecule has 0 amide bonds. The van der Waals surface area contributed by atoms with Gasteiger partial charge in [0.25, 0.3) is 0 Å².